The molecule has 0 bridgehead atoms. The molecule has 3 heterocycles. The van der Waals surface area contributed by atoms with Crippen LogP contribution in [-0.4, -0.2) is 64.1 Å². The van der Waals surface area contributed by atoms with Gasteiger partial charge in [-0.05, 0) is 25.5 Å². The van der Waals surface area contributed by atoms with Gasteiger partial charge in [0.2, 0.25) is 5.91 Å². The Hall–Kier alpha value is -2.51. The van der Waals surface area contributed by atoms with Crippen molar-refractivity contribution in [1.82, 2.24) is 19.4 Å². The van der Waals surface area contributed by atoms with Crippen LogP contribution in [0.15, 0.2) is 41.2 Å². The van der Waals surface area contributed by atoms with Crippen LogP contribution in [0, 0.1) is 13.8 Å². The van der Waals surface area contributed by atoms with E-state index in [9.17, 15) is 9.59 Å². The van der Waals surface area contributed by atoms with Crippen LogP contribution in [0.5, 0.6) is 0 Å². The largest absolute Gasteiger partial charge is 0.378 e. The molecule has 0 unspecified atom stereocenters. The summed E-state index contributed by atoms with van der Waals surface area (Å²) in [7, 11) is 0. The Morgan fingerprint density at radius 2 is 1.97 bits per heavy atom. The molecule has 4 rings (SSSR count). The Labute approximate surface area is 170 Å². The number of piperazine rings is 1. The zero-order chi connectivity index (χ0) is 20.4. The number of amides is 1. The molecule has 1 aromatic heterocycles. The molecule has 1 aromatic carbocycles. The van der Waals surface area contributed by atoms with Crippen molar-refractivity contribution in [1.29, 1.82) is 0 Å². The van der Waals surface area contributed by atoms with Crippen LogP contribution in [0.2, 0.25) is 0 Å². The molecular formula is C22H28N4O3. The summed E-state index contributed by atoms with van der Waals surface area (Å²) in [6, 6.07) is 12.7. The van der Waals surface area contributed by atoms with Gasteiger partial charge in [0, 0.05) is 44.0 Å². The molecule has 2 aromatic rings. The van der Waals surface area contributed by atoms with Gasteiger partial charge in [0.1, 0.15) is 0 Å². The van der Waals surface area contributed by atoms with Gasteiger partial charge >= 0.3 is 5.69 Å². The average Bonchev–Trinajstić information content (AvgIpc) is 2.72. The van der Waals surface area contributed by atoms with E-state index in [0.717, 1.165) is 12.2 Å². The van der Waals surface area contributed by atoms with Gasteiger partial charge in [-0.25, -0.2) is 4.79 Å². The highest BCUT2D eigenvalue weighted by atomic mass is 16.5. The van der Waals surface area contributed by atoms with Crippen LogP contribution >= 0.6 is 0 Å². The summed E-state index contributed by atoms with van der Waals surface area (Å²) in [5, 5.41) is 0. The molecule has 1 amide bonds. The standard InChI is InChI=1S/C22H28N4O3/c1-16-12-17(2)25(22(28)23-16)9-8-21(27)24-10-11-26-19(13-24)14-29-15-20(26)18-6-4-3-5-7-18/h3-7,12,19-20H,8-11,13-15H2,1-2H3/t19-,20-/m1/s1. The lowest BCUT2D eigenvalue weighted by molar-refractivity contribution is -0.140. The number of carbonyl (C=O) groups excluding carboxylic acids is 1. The number of morpholine rings is 1. The maximum Gasteiger partial charge on any atom is 0.347 e. The Kier molecular flexibility index (Phi) is 5.78. The summed E-state index contributed by atoms with van der Waals surface area (Å²) >= 11 is 0. The fourth-order valence-electron chi connectivity index (χ4n) is 4.44. The van der Waals surface area contributed by atoms with Gasteiger partial charge in [-0.3, -0.25) is 14.3 Å². The lowest BCUT2D eigenvalue weighted by Gasteiger charge is -2.48. The van der Waals surface area contributed by atoms with E-state index in [-0.39, 0.29) is 23.7 Å². The smallest absolute Gasteiger partial charge is 0.347 e. The van der Waals surface area contributed by atoms with Gasteiger partial charge in [-0.15, -0.1) is 0 Å². The Morgan fingerprint density at radius 3 is 2.72 bits per heavy atom. The van der Waals surface area contributed by atoms with Gasteiger partial charge < -0.3 is 9.64 Å². The summed E-state index contributed by atoms with van der Waals surface area (Å²) in [4.78, 5) is 33.3. The van der Waals surface area contributed by atoms with Crippen LogP contribution < -0.4 is 5.69 Å². The number of aryl methyl sites for hydroxylation is 2. The SMILES string of the molecule is Cc1cc(C)n(CCC(=O)N2CCN3[C@@H](COC[C@@H]3c3ccccc3)C2)c(=O)n1. The molecule has 0 saturated carbocycles. The van der Waals surface area contributed by atoms with Crippen molar-refractivity contribution in [3.63, 3.8) is 0 Å². The molecule has 2 atom stereocenters. The number of carbonyl (C=O) groups is 1. The van der Waals surface area contributed by atoms with Crippen molar-refractivity contribution in [3.05, 3.63) is 63.8 Å². The predicted octanol–water partition coefficient (Wildman–Crippen LogP) is 1.53. The summed E-state index contributed by atoms with van der Waals surface area (Å²) < 4.78 is 7.45. The van der Waals surface area contributed by atoms with Crippen LogP contribution in [0.1, 0.15) is 29.4 Å². The molecule has 7 heteroatoms. The second-order valence-electron chi connectivity index (χ2n) is 7.92. The molecule has 2 fully saturated rings. The number of hydrogen-bond acceptors (Lipinski definition) is 5. The zero-order valence-corrected chi connectivity index (χ0v) is 17.1. The topological polar surface area (TPSA) is 67.7 Å². The van der Waals surface area contributed by atoms with Crippen molar-refractivity contribution in [3.8, 4) is 0 Å². The highest BCUT2D eigenvalue weighted by Gasteiger charge is 2.37. The first-order valence-corrected chi connectivity index (χ1v) is 10.2. The van der Waals surface area contributed by atoms with E-state index in [1.165, 1.54) is 5.56 Å². The first kappa shape index (κ1) is 19.8. The third-order valence-electron chi connectivity index (χ3n) is 5.95. The number of benzene rings is 1. The van der Waals surface area contributed by atoms with Gasteiger partial charge in [0.05, 0.1) is 25.3 Å². The normalized spacial score (nSPS) is 22.3. The monoisotopic (exact) mass is 396 g/mol. The van der Waals surface area contributed by atoms with Gasteiger partial charge in [-0.2, -0.15) is 4.98 Å². The maximum atomic E-state index is 12.8. The van der Waals surface area contributed by atoms with Gasteiger partial charge in [0.25, 0.3) is 0 Å². The minimum Gasteiger partial charge on any atom is -0.378 e. The molecule has 2 aliphatic heterocycles. The first-order chi connectivity index (χ1) is 14.0. The summed E-state index contributed by atoms with van der Waals surface area (Å²) in [5.74, 6) is 0.0818. The molecule has 0 radical (unpaired) electrons. The van der Waals surface area contributed by atoms with Crippen molar-refractivity contribution in [2.75, 3.05) is 32.8 Å². The first-order valence-electron chi connectivity index (χ1n) is 10.2. The number of ether oxygens (including phenoxy) is 1. The van der Waals surface area contributed by atoms with Gasteiger partial charge in [-0.1, -0.05) is 30.3 Å². The van der Waals surface area contributed by atoms with Crippen molar-refractivity contribution in [2.45, 2.75) is 38.9 Å². The number of fused-ring (bicyclic) bond motifs is 1. The maximum absolute atomic E-state index is 12.8. The van der Waals surface area contributed by atoms with Crippen molar-refractivity contribution < 1.29 is 9.53 Å². The molecule has 0 spiro atoms. The highest BCUT2D eigenvalue weighted by Crippen LogP contribution is 2.29. The molecule has 0 N–H and O–H groups in total. The molecule has 2 aliphatic rings. The molecule has 154 valence electrons. The number of hydrogen-bond donors (Lipinski definition) is 0. The summed E-state index contributed by atoms with van der Waals surface area (Å²) in [5.41, 5.74) is 2.52. The van der Waals surface area contributed by atoms with Crippen molar-refractivity contribution in [2.24, 2.45) is 0 Å². The van der Waals surface area contributed by atoms with E-state index in [1.807, 2.05) is 24.0 Å². The second kappa shape index (κ2) is 8.47. The van der Waals surface area contributed by atoms with E-state index in [0.29, 0.717) is 45.0 Å². The lowest BCUT2D eigenvalue weighted by Crippen LogP contribution is -2.60. The van der Waals surface area contributed by atoms with E-state index >= 15 is 0 Å². The molecule has 2 saturated heterocycles. The quantitative estimate of drug-likeness (QED) is 0.784. The third-order valence-corrected chi connectivity index (χ3v) is 5.95. The Balaban J connectivity index is 1.38. The molecular weight excluding hydrogens is 368 g/mol. The van der Waals surface area contributed by atoms with Crippen molar-refractivity contribution >= 4 is 5.91 Å². The highest BCUT2D eigenvalue weighted by molar-refractivity contribution is 5.76. The molecule has 7 nitrogen and oxygen atoms in total. The van der Waals surface area contributed by atoms with Crippen LogP contribution in [0.25, 0.3) is 0 Å². The number of aromatic nitrogens is 2. The summed E-state index contributed by atoms with van der Waals surface area (Å²) in [6.07, 6.45) is 0.307. The molecule has 29 heavy (non-hydrogen) atoms. The van der Waals surface area contributed by atoms with Crippen LogP contribution in [-0.2, 0) is 16.1 Å². The number of rotatable bonds is 4. The minimum absolute atomic E-state index is 0.0818. The van der Waals surface area contributed by atoms with Gasteiger partial charge in [0.15, 0.2) is 0 Å². The fourth-order valence-corrected chi connectivity index (χ4v) is 4.44. The number of nitrogens with zero attached hydrogens (tertiary/aromatic N) is 4. The Morgan fingerprint density at radius 1 is 1.17 bits per heavy atom. The van der Waals surface area contributed by atoms with E-state index < -0.39 is 0 Å². The Bertz CT molecular complexity index is 927. The zero-order valence-electron chi connectivity index (χ0n) is 17.1. The fraction of sp³-hybridized carbons (Fsp3) is 0.500. The lowest BCUT2D eigenvalue weighted by atomic mass is 10.00. The third kappa shape index (κ3) is 4.26. The van der Waals surface area contributed by atoms with E-state index in [2.05, 4.69) is 34.1 Å². The van der Waals surface area contributed by atoms with Crippen LogP contribution in [0.3, 0.4) is 0 Å². The molecule has 0 aliphatic carbocycles. The van der Waals surface area contributed by atoms with E-state index in [1.54, 1.807) is 11.5 Å². The summed E-state index contributed by atoms with van der Waals surface area (Å²) in [6.45, 7) is 7.60. The minimum atomic E-state index is -0.286. The van der Waals surface area contributed by atoms with Crippen LogP contribution in [0.4, 0.5) is 0 Å². The average molecular weight is 396 g/mol. The second-order valence-corrected chi connectivity index (χ2v) is 7.92. The van der Waals surface area contributed by atoms with E-state index in [4.69, 9.17) is 4.74 Å². The predicted molar refractivity (Wildman–Crippen MR) is 110 cm³/mol.